The van der Waals surface area contributed by atoms with Gasteiger partial charge < -0.3 is 10.1 Å². The molecule has 1 amide bonds. The Hall–Kier alpha value is -1.48. The molecule has 0 aliphatic carbocycles. The standard InChI is InChI=1S/C18H29N3O4S/c1-18(2,3)20-26(23,24)16-7-5-15(6-8-16)17(22)19-9-4-10-21-11-13-25-14-12-21/h5-8,20H,4,9-14H2,1-3H3,(H,19,22). The maximum atomic E-state index is 12.3. The normalized spacial score (nSPS) is 16.4. The number of carbonyl (C=O) groups is 1. The second-order valence-corrected chi connectivity index (χ2v) is 9.13. The van der Waals surface area contributed by atoms with E-state index >= 15 is 0 Å². The summed E-state index contributed by atoms with van der Waals surface area (Å²) in [5.74, 6) is -0.195. The number of amides is 1. The van der Waals surface area contributed by atoms with Crippen molar-refractivity contribution >= 4 is 15.9 Å². The Kier molecular flexibility index (Phi) is 7.16. The third-order valence-electron chi connectivity index (χ3n) is 3.91. The van der Waals surface area contributed by atoms with Gasteiger partial charge in [-0.1, -0.05) is 0 Å². The van der Waals surface area contributed by atoms with E-state index < -0.39 is 15.6 Å². The number of rotatable bonds is 7. The molecule has 0 aromatic heterocycles. The van der Waals surface area contributed by atoms with Gasteiger partial charge in [0.05, 0.1) is 18.1 Å². The van der Waals surface area contributed by atoms with Crippen molar-refractivity contribution in [2.24, 2.45) is 0 Å². The summed E-state index contributed by atoms with van der Waals surface area (Å²) in [4.78, 5) is 14.6. The fraction of sp³-hybridized carbons (Fsp3) is 0.611. The van der Waals surface area contributed by atoms with Crippen molar-refractivity contribution < 1.29 is 17.9 Å². The highest BCUT2D eigenvalue weighted by Crippen LogP contribution is 2.14. The second-order valence-electron chi connectivity index (χ2n) is 7.44. The maximum absolute atomic E-state index is 12.3. The maximum Gasteiger partial charge on any atom is 0.251 e. The molecule has 0 atom stereocenters. The molecule has 7 nitrogen and oxygen atoms in total. The summed E-state index contributed by atoms with van der Waals surface area (Å²) in [5, 5.41) is 2.87. The highest BCUT2D eigenvalue weighted by Gasteiger charge is 2.22. The van der Waals surface area contributed by atoms with Crippen LogP contribution in [0.2, 0.25) is 0 Å². The first-order chi connectivity index (χ1) is 12.2. The number of carbonyl (C=O) groups excluding carboxylic acids is 1. The average Bonchev–Trinajstić information content (AvgIpc) is 2.57. The van der Waals surface area contributed by atoms with Gasteiger partial charge in [-0.25, -0.2) is 13.1 Å². The van der Waals surface area contributed by atoms with Crippen molar-refractivity contribution in [1.82, 2.24) is 14.9 Å². The van der Waals surface area contributed by atoms with Crippen molar-refractivity contribution in [2.75, 3.05) is 39.4 Å². The Morgan fingerprint density at radius 2 is 1.77 bits per heavy atom. The molecule has 1 aliphatic heterocycles. The third kappa shape index (κ3) is 6.68. The van der Waals surface area contributed by atoms with Crippen molar-refractivity contribution in [2.45, 2.75) is 37.6 Å². The van der Waals surface area contributed by atoms with Crippen LogP contribution in [0.1, 0.15) is 37.6 Å². The van der Waals surface area contributed by atoms with E-state index in [4.69, 9.17) is 4.74 Å². The van der Waals surface area contributed by atoms with Gasteiger partial charge in [-0.2, -0.15) is 0 Å². The molecule has 1 aliphatic rings. The number of sulfonamides is 1. The van der Waals surface area contributed by atoms with E-state index in [0.29, 0.717) is 12.1 Å². The Morgan fingerprint density at radius 3 is 2.35 bits per heavy atom. The van der Waals surface area contributed by atoms with Gasteiger partial charge in [-0.15, -0.1) is 0 Å². The van der Waals surface area contributed by atoms with E-state index in [-0.39, 0.29) is 10.8 Å². The van der Waals surface area contributed by atoms with Crippen molar-refractivity contribution in [1.29, 1.82) is 0 Å². The number of nitrogens with one attached hydrogen (secondary N) is 2. The molecule has 0 spiro atoms. The van der Waals surface area contributed by atoms with Crippen LogP contribution in [-0.2, 0) is 14.8 Å². The third-order valence-corrected chi connectivity index (χ3v) is 5.68. The molecule has 26 heavy (non-hydrogen) atoms. The average molecular weight is 384 g/mol. The first kappa shape index (κ1) is 20.8. The monoisotopic (exact) mass is 383 g/mol. The summed E-state index contributed by atoms with van der Waals surface area (Å²) in [6.45, 7) is 10.3. The lowest BCUT2D eigenvalue weighted by atomic mass is 10.1. The number of morpholine rings is 1. The molecule has 2 N–H and O–H groups in total. The van der Waals surface area contributed by atoms with Crippen LogP contribution in [0.5, 0.6) is 0 Å². The number of hydrogen-bond acceptors (Lipinski definition) is 5. The van der Waals surface area contributed by atoms with Gasteiger partial charge in [0.25, 0.3) is 5.91 Å². The van der Waals surface area contributed by atoms with Crippen molar-refractivity contribution in [3.8, 4) is 0 Å². The second kappa shape index (κ2) is 8.94. The molecule has 1 fully saturated rings. The van der Waals surface area contributed by atoms with E-state index in [2.05, 4.69) is 14.9 Å². The number of ether oxygens (including phenoxy) is 1. The zero-order chi connectivity index (χ0) is 19.2. The Bertz CT molecular complexity index is 690. The molecular weight excluding hydrogens is 354 g/mol. The Balaban J connectivity index is 1.82. The number of benzene rings is 1. The highest BCUT2D eigenvalue weighted by atomic mass is 32.2. The lowest BCUT2D eigenvalue weighted by Gasteiger charge is -2.26. The van der Waals surface area contributed by atoms with Crippen LogP contribution in [0.25, 0.3) is 0 Å². The van der Waals surface area contributed by atoms with E-state index in [1.165, 1.54) is 24.3 Å². The largest absolute Gasteiger partial charge is 0.379 e. The van der Waals surface area contributed by atoms with Gasteiger partial charge in [-0.3, -0.25) is 9.69 Å². The minimum absolute atomic E-state index is 0.149. The summed E-state index contributed by atoms with van der Waals surface area (Å²) < 4.78 is 32.4. The van der Waals surface area contributed by atoms with E-state index in [1.807, 2.05) is 0 Å². The Morgan fingerprint density at radius 1 is 1.15 bits per heavy atom. The summed E-state index contributed by atoms with van der Waals surface area (Å²) in [5.41, 5.74) is -0.110. The summed E-state index contributed by atoms with van der Waals surface area (Å²) in [6, 6.07) is 5.98. The van der Waals surface area contributed by atoms with Gasteiger partial charge in [0, 0.05) is 30.7 Å². The van der Waals surface area contributed by atoms with E-state index in [9.17, 15) is 13.2 Å². The fourth-order valence-electron chi connectivity index (χ4n) is 2.68. The lowest BCUT2D eigenvalue weighted by molar-refractivity contribution is 0.0374. The smallest absolute Gasteiger partial charge is 0.251 e. The minimum atomic E-state index is -3.59. The topological polar surface area (TPSA) is 87.7 Å². The Labute approximate surface area is 156 Å². The molecule has 0 radical (unpaired) electrons. The minimum Gasteiger partial charge on any atom is -0.379 e. The number of hydrogen-bond donors (Lipinski definition) is 2. The lowest BCUT2D eigenvalue weighted by Crippen LogP contribution is -2.40. The van der Waals surface area contributed by atoms with Crippen LogP contribution in [0, 0.1) is 0 Å². The van der Waals surface area contributed by atoms with Crippen LogP contribution in [0.3, 0.4) is 0 Å². The van der Waals surface area contributed by atoms with E-state index in [1.54, 1.807) is 20.8 Å². The zero-order valence-electron chi connectivity index (χ0n) is 15.7. The first-order valence-electron chi connectivity index (χ1n) is 8.90. The summed E-state index contributed by atoms with van der Waals surface area (Å²) in [6.07, 6.45) is 0.869. The molecule has 2 rings (SSSR count). The molecule has 1 aromatic carbocycles. The molecule has 1 aromatic rings. The SMILES string of the molecule is CC(C)(C)NS(=O)(=O)c1ccc(C(=O)NCCCN2CCOCC2)cc1. The molecule has 0 unspecified atom stereocenters. The molecule has 1 heterocycles. The van der Waals surface area contributed by atoms with Gasteiger partial charge in [0.1, 0.15) is 0 Å². The first-order valence-corrected chi connectivity index (χ1v) is 10.4. The van der Waals surface area contributed by atoms with Gasteiger partial charge in [-0.05, 0) is 58.0 Å². The summed E-state index contributed by atoms with van der Waals surface area (Å²) >= 11 is 0. The van der Waals surface area contributed by atoms with Crippen LogP contribution in [0.4, 0.5) is 0 Å². The molecule has 8 heteroatoms. The van der Waals surface area contributed by atoms with Crippen molar-refractivity contribution in [3.05, 3.63) is 29.8 Å². The van der Waals surface area contributed by atoms with Crippen LogP contribution < -0.4 is 10.0 Å². The highest BCUT2D eigenvalue weighted by molar-refractivity contribution is 7.89. The summed E-state index contributed by atoms with van der Waals surface area (Å²) in [7, 11) is -3.59. The van der Waals surface area contributed by atoms with Crippen LogP contribution in [0.15, 0.2) is 29.2 Å². The zero-order valence-corrected chi connectivity index (χ0v) is 16.6. The van der Waals surface area contributed by atoms with Gasteiger partial charge >= 0.3 is 0 Å². The van der Waals surface area contributed by atoms with Gasteiger partial charge in [0.2, 0.25) is 10.0 Å². The predicted molar refractivity (Wildman–Crippen MR) is 101 cm³/mol. The molecular formula is C18H29N3O4S. The van der Waals surface area contributed by atoms with Gasteiger partial charge in [0.15, 0.2) is 0 Å². The molecule has 146 valence electrons. The number of nitrogens with zero attached hydrogens (tertiary/aromatic N) is 1. The quantitative estimate of drug-likeness (QED) is 0.691. The molecule has 1 saturated heterocycles. The van der Waals surface area contributed by atoms with Crippen LogP contribution in [-0.4, -0.2) is 64.2 Å². The molecule has 0 saturated carbocycles. The molecule has 0 bridgehead atoms. The predicted octanol–water partition coefficient (Wildman–Crippen LogP) is 1.22. The fourth-order valence-corrected chi connectivity index (χ4v) is 4.10. The van der Waals surface area contributed by atoms with Crippen molar-refractivity contribution in [3.63, 3.8) is 0 Å². The van der Waals surface area contributed by atoms with E-state index in [0.717, 1.165) is 39.3 Å². The van der Waals surface area contributed by atoms with Crippen LogP contribution >= 0.6 is 0 Å².